The van der Waals surface area contributed by atoms with Crippen LogP contribution in [0.15, 0.2) is 21.3 Å². The Labute approximate surface area is 183 Å². The molecule has 0 aliphatic carbocycles. The van der Waals surface area contributed by atoms with Gasteiger partial charge in [0.25, 0.3) is 0 Å². The number of hydrogen-bond donors (Lipinski definition) is 1. The maximum absolute atomic E-state index is 12.0. The number of rotatable bonds is 20. The van der Waals surface area contributed by atoms with Gasteiger partial charge in [0.15, 0.2) is 0 Å². The highest BCUT2D eigenvalue weighted by Gasteiger charge is 2.08. The lowest BCUT2D eigenvalue weighted by atomic mass is 10.0. The van der Waals surface area contributed by atoms with Crippen LogP contribution in [0, 0.1) is 0 Å². The lowest BCUT2D eigenvalue weighted by Crippen LogP contribution is -2.06. The van der Waals surface area contributed by atoms with Gasteiger partial charge in [-0.25, -0.2) is 4.79 Å². The summed E-state index contributed by atoms with van der Waals surface area (Å²) >= 11 is 0. The number of Topliss-reactive ketones (excluding diaryl/α,β-unsaturated/α-hetero) is 1. The average molecular weight is 421 g/mol. The minimum Gasteiger partial charge on any atom is -0.508 e. The van der Waals surface area contributed by atoms with Gasteiger partial charge in [-0.05, 0) is 6.42 Å². The van der Waals surface area contributed by atoms with Gasteiger partial charge in [-0.3, -0.25) is 4.79 Å². The molecule has 0 aliphatic rings. The van der Waals surface area contributed by atoms with Crippen molar-refractivity contribution in [1.82, 2.24) is 0 Å². The average Bonchev–Trinajstić information content (AvgIpc) is 2.69. The fourth-order valence-electron chi connectivity index (χ4n) is 3.93. The fraction of sp³-hybridized carbons (Fsp3) is 0.769. The number of unbranched alkanes of at least 4 members (excludes halogenated alkanes) is 16. The van der Waals surface area contributed by atoms with E-state index in [1.165, 1.54) is 102 Å². The van der Waals surface area contributed by atoms with Crippen molar-refractivity contribution in [2.45, 2.75) is 129 Å². The summed E-state index contributed by atoms with van der Waals surface area (Å²) < 4.78 is 4.93. The molecule has 1 N–H and O–H groups in total. The van der Waals surface area contributed by atoms with Crippen LogP contribution in [0.4, 0.5) is 0 Å². The standard InChI is InChI=1S/C26H44O4/c1-2-3-4-5-6-7-8-9-10-11-12-13-14-15-16-17-18-19-23(27)20-25-21-24(28)22-26(29)30-25/h21-22,28H,2-20H2,1H3. The zero-order valence-corrected chi connectivity index (χ0v) is 19.3. The van der Waals surface area contributed by atoms with E-state index in [0.717, 1.165) is 18.9 Å². The van der Waals surface area contributed by atoms with Crippen LogP contribution < -0.4 is 5.63 Å². The van der Waals surface area contributed by atoms with Crippen molar-refractivity contribution in [3.8, 4) is 5.75 Å². The molecule has 30 heavy (non-hydrogen) atoms. The Bertz CT molecular complexity index is 605. The number of aromatic hydroxyl groups is 1. The Morgan fingerprint density at radius 2 is 1.17 bits per heavy atom. The highest BCUT2D eigenvalue weighted by molar-refractivity contribution is 5.80. The normalized spacial score (nSPS) is 11.1. The van der Waals surface area contributed by atoms with Gasteiger partial charge in [-0.15, -0.1) is 0 Å². The molecule has 0 bridgehead atoms. The first-order chi connectivity index (χ1) is 14.6. The molecule has 4 nitrogen and oxygen atoms in total. The Hall–Kier alpha value is -1.58. The monoisotopic (exact) mass is 420 g/mol. The molecule has 0 spiro atoms. The lowest BCUT2D eigenvalue weighted by Gasteiger charge is -2.04. The Balaban J connectivity index is 1.83. The summed E-state index contributed by atoms with van der Waals surface area (Å²) in [6.45, 7) is 2.27. The van der Waals surface area contributed by atoms with Crippen LogP contribution in [0.25, 0.3) is 0 Å². The number of ketones is 1. The van der Waals surface area contributed by atoms with Crippen molar-refractivity contribution in [3.05, 3.63) is 28.3 Å². The summed E-state index contributed by atoms with van der Waals surface area (Å²) in [6, 6.07) is 2.35. The van der Waals surface area contributed by atoms with E-state index in [9.17, 15) is 14.7 Å². The van der Waals surface area contributed by atoms with Crippen LogP contribution in [-0.2, 0) is 11.2 Å². The first-order valence-corrected chi connectivity index (χ1v) is 12.5. The SMILES string of the molecule is CCCCCCCCCCCCCCCCCCCC(=O)Cc1cc(O)cc(=O)o1. The van der Waals surface area contributed by atoms with Crippen molar-refractivity contribution in [3.63, 3.8) is 0 Å². The summed E-state index contributed by atoms with van der Waals surface area (Å²) in [5.74, 6) is 0.161. The van der Waals surface area contributed by atoms with Crippen molar-refractivity contribution >= 4 is 5.78 Å². The van der Waals surface area contributed by atoms with Gasteiger partial charge in [-0.1, -0.05) is 110 Å². The molecule has 0 atom stereocenters. The van der Waals surface area contributed by atoms with Crippen LogP contribution in [-0.4, -0.2) is 10.9 Å². The maximum atomic E-state index is 12.0. The third-order valence-electron chi connectivity index (χ3n) is 5.74. The van der Waals surface area contributed by atoms with Gasteiger partial charge < -0.3 is 9.52 Å². The molecule has 1 aromatic heterocycles. The molecule has 1 rings (SSSR count). The van der Waals surface area contributed by atoms with E-state index in [0.29, 0.717) is 6.42 Å². The fourth-order valence-corrected chi connectivity index (χ4v) is 3.93. The number of carbonyl (C=O) groups is 1. The van der Waals surface area contributed by atoms with Crippen LogP contribution in [0.3, 0.4) is 0 Å². The molecule has 0 radical (unpaired) electrons. The summed E-state index contributed by atoms with van der Waals surface area (Å²) in [6.07, 6.45) is 23.1. The summed E-state index contributed by atoms with van der Waals surface area (Å²) in [5.41, 5.74) is -0.615. The van der Waals surface area contributed by atoms with Gasteiger partial charge in [0.2, 0.25) is 0 Å². The third kappa shape index (κ3) is 15.3. The lowest BCUT2D eigenvalue weighted by molar-refractivity contribution is -0.118. The van der Waals surface area contributed by atoms with Gasteiger partial charge in [0.1, 0.15) is 17.3 Å². The maximum Gasteiger partial charge on any atom is 0.339 e. The zero-order valence-electron chi connectivity index (χ0n) is 19.3. The Morgan fingerprint density at radius 1 is 0.733 bits per heavy atom. The minimum atomic E-state index is -0.615. The van der Waals surface area contributed by atoms with Gasteiger partial charge in [0.05, 0.1) is 12.5 Å². The highest BCUT2D eigenvalue weighted by Crippen LogP contribution is 2.15. The minimum absolute atomic E-state index is 0.0599. The van der Waals surface area contributed by atoms with Crippen LogP contribution in [0.1, 0.15) is 128 Å². The van der Waals surface area contributed by atoms with E-state index >= 15 is 0 Å². The molecule has 4 heteroatoms. The zero-order chi connectivity index (χ0) is 21.9. The predicted molar refractivity (Wildman–Crippen MR) is 124 cm³/mol. The molecule has 0 amide bonds. The second-order valence-electron chi connectivity index (χ2n) is 8.72. The van der Waals surface area contributed by atoms with Crippen LogP contribution >= 0.6 is 0 Å². The van der Waals surface area contributed by atoms with E-state index in [2.05, 4.69) is 6.92 Å². The molecule has 1 aromatic rings. The van der Waals surface area contributed by atoms with Crippen molar-refractivity contribution in [2.24, 2.45) is 0 Å². The van der Waals surface area contributed by atoms with Crippen molar-refractivity contribution < 1.29 is 14.3 Å². The van der Waals surface area contributed by atoms with Crippen molar-refractivity contribution in [1.29, 1.82) is 0 Å². The van der Waals surface area contributed by atoms with E-state index in [1.54, 1.807) is 0 Å². The van der Waals surface area contributed by atoms with E-state index < -0.39 is 5.63 Å². The molecule has 1 heterocycles. The van der Waals surface area contributed by atoms with E-state index in [1.807, 2.05) is 0 Å². The second kappa shape index (κ2) is 18.2. The Morgan fingerprint density at radius 3 is 1.60 bits per heavy atom. The van der Waals surface area contributed by atoms with E-state index in [4.69, 9.17) is 4.42 Å². The smallest absolute Gasteiger partial charge is 0.339 e. The number of carbonyl (C=O) groups excluding carboxylic acids is 1. The quantitative estimate of drug-likeness (QED) is 0.222. The second-order valence-corrected chi connectivity index (χ2v) is 8.72. The van der Waals surface area contributed by atoms with Gasteiger partial charge in [-0.2, -0.15) is 0 Å². The molecule has 0 fully saturated rings. The van der Waals surface area contributed by atoms with Crippen molar-refractivity contribution in [2.75, 3.05) is 0 Å². The summed E-state index contributed by atoms with van der Waals surface area (Å²) in [4.78, 5) is 23.1. The largest absolute Gasteiger partial charge is 0.508 e. The Kier molecular flexibility index (Phi) is 16.1. The molecule has 0 saturated heterocycles. The molecule has 0 saturated carbocycles. The van der Waals surface area contributed by atoms with Gasteiger partial charge in [0, 0.05) is 12.5 Å². The molecule has 0 aromatic carbocycles. The first-order valence-electron chi connectivity index (χ1n) is 12.5. The predicted octanol–water partition coefficient (Wildman–Crippen LogP) is 7.50. The topological polar surface area (TPSA) is 67.5 Å². The molecule has 0 unspecified atom stereocenters. The van der Waals surface area contributed by atoms with E-state index in [-0.39, 0.29) is 23.7 Å². The highest BCUT2D eigenvalue weighted by atomic mass is 16.4. The van der Waals surface area contributed by atoms with Gasteiger partial charge >= 0.3 is 5.63 Å². The summed E-state index contributed by atoms with van der Waals surface area (Å²) in [7, 11) is 0. The summed E-state index contributed by atoms with van der Waals surface area (Å²) in [5, 5.41) is 9.37. The molecular weight excluding hydrogens is 376 g/mol. The molecular formula is C26H44O4. The molecule has 172 valence electrons. The first kappa shape index (κ1) is 26.5. The van der Waals surface area contributed by atoms with Crippen LogP contribution in [0.2, 0.25) is 0 Å². The van der Waals surface area contributed by atoms with Crippen LogP contribution in [0.5, 0.6) is 5.75 Å². The molecule has 0 aliphatic heterocycles. The third-order valence-corrected chi connectivity index (χ3v) is 5.74. The number of hydrogen-bond acceptors (Lipinski definition) is 4.